The Morgan fingerprint density at radius 2 is 2.06 bits per heavy atom. The minimum absolute atomic E-state index is 0.146. The predicted octanol–water partition coefficient (Wildman–Crippen LogP) is 4.69. The fraction of sp³-hybridized carbons (Fsp3) is 0.182. The first-order valence-corrected chi connectivity index (χ1v) is 11.5. The van der Waals surface area contributed by atoms with E-state index in [1.165, 1.54) is 28.7 Å². The monoisotopic (exact) mass is 451 g/mol. The summed E-state index contributed by atoms with van der Waals surface area (Å²) in [5, 5.41) is 14.1. The Hall–Kier alpha value is -3.17. The molecule has 4 aromatic rings. The summed E-state index contributed by atoms with van der Waals surface area (Å²) in [6.45, 7) is 2.13. The zero-order valence-corrected chi connectivity index (χ0v) is 18.7. The molecule has 2 aromatic heterocycles. The van der Waals surface area contributed by atoms with Crippen LogP contribution >= 0.6 is 23.1 Å². The summed E-state index contributed by atoms with van der Waals surface area (Å²) in [6.07, 6.45) is 2.62. The first-order valence-electron chi connectivity index (χ1n) is 9.68. The van der Waals surface area contributed by atoms with Crippen LogP contribution in [0.25, 0.3) is 16.9 Å². The number of aromatic nitrogens is 4. The highest BCUT2D eigenvalue weighted by atomic mass is 32.2. The van der Waals surface area contributed by atoms with E-state index in [2.05, 4.69) is 51.7 Å². The number of hydrogen-bond donors (Lipinski definition) is 1. The number of aryl methyl sites for hydroxylation is 1. The van der Waals surface area contributed by atoms with Gasteiger partial charge in [-0.15, -0.1) is 21.5 Å². The van der Waals surface area contributed by atoms with E-state index in [0.717, 1.165) is 29.1 Å². The molecule has 0 unspecified atom stereocenters. The molecule has 31 heavy (non-hydrogen) atoms. The Balaban J connectivity index is 1.37. The molecule has 7 nitrogen and oxygen atoms in total. The van der Waals surface area contributed by atoms with Crippen molar-refractivity contribution >= 4 is 34.1 Å². The molecule has 0 aliphatic carbocycles. The zero-order chi connectivity index (χ0) is 21.6. The normalized spacial score (nSPS) is 10.8. The molecule has 0 bridgehead atoms. The van der Waals surface area contributed by atoms with Crippen LogP contribution in [0.4, 0.5) is 5.13 Å². The van der Waals surface area contributed by atoms with Crippen molar-refractivity contribution in [3.8, 4) is 22.7 Å². The van der Waals surface area contributed by atoms with Crippen LogP contribution in [0.15, 0.2) is 65.4 Å². The van der Waals surface area contributed by atoms with Crippen LogP contribution in [0.1, 0.15) is 12.5 Å². The topological polar surface area (TPSA) is 81.9 Å². The fourth-order valence-corrected chi connectivity index (χ4v) is 4.39. The van der Waals surface area contributed by atoms with E-state index >= 15 is 0 Å². The SMILES string of the molecule is CCc1ccc(-c2csc(NC(=O)CSc3nncn3-c3cccc(OC)c3)n2)cc1. The van der Waals surface area contributed by atoms with Crippen LogP contribution in [0.5, 0.6) is 5.75 Å². The van der Waals surface area contributed by atoms with E-state index in [-0.39, 0.29) is 11.7 Å². The summed E-state index contributed by atoms with van der Waals surface area (Å²) < 4.78 is 7.09. The van der Waals surface area contributed by atoms with Gasteiger partial charge in [0.05, 0.1) is 24.2 Å². The lowest BCUT2D eigenvalue weighted by molar-refractivity contribution is -0.113. The summed E-state index contributed by atoms with van der Waals surface area (Å²) in [5.74, 6) is 0.791. The molecule has 0 radical (unpaired) electrons. The number of ether oxygens (including phenoxy) is 1. The Kier molecular flexibility index (Phi) is 6.63. The molecule has 0 fully saturated rings. The maximum absolute atomic E-state index is 12.4. The summed E-state index contributed by atoms with van der Waals surface area (Å²) in [4.78, 5) is 17.0. The van der Waals surface area contributed by atoms with Crippen molar-refractivity contribution in [3.63, 3.8) is 0 Å². The number of nitrogens with zero attached hydrogens (tertiary/aromatic N) is 4. The van der Waals surface area contributed by atoms with Crippen LogP contribution in [0, 0.1) is 0 Å². The van der Waals surface area contributed by atoms with E-state index in [9.17, 15) is 4.79 Å². The molecule has 2 heterocycles. The number of hydrogen-bond acceptors (Lipinski definition) is 7. The van der Waals surface area contributed by atoms with Gasteiger partial charge in [0.1, 0.15) is 12.1 Å². The summed E-state index contributed by atoms with van der Waals surface area (Å²) in [5.41, 5.74) is 4.04. The molecule has 0 aliphatic rings. The molecule has 1 amide bonds. The Bertz CT molecular complexity index is 1170. The molecule has 0 atom stereocenters. The maximum atomic E-state index is 12.4. The molecule has 0 aliphatic heterocycles. The number of methoxy groups -OCH3 is 1. The van der Waals surface area contributed by atoms with Crippen LogP contribution in [-0.4, -0.2) is 38.5 Å². The molecule has 2 aromatic carbocycles. The van der Waals surface area contributed by atoms with Gasteiger partial charge in [0.25, 0.3) is 0 Å². The number of carbonyl (C=O) groups excluding carboxylic acids is 1. The number of thiazole rings is 1. The third-order valence-corrected chi connectivity index (χ3v) is 6.29. The lowest BCUT2D eigenvalue weighted by Gasteiger charge is -2.07. The summed E-state index contributed by atoms with van der Waals surface area (Å²) in [6, 6.07) is 15.9. The van der Waals surface area contributed by atoms with Gasteiger partial charge in [-0.3, -0.25) is 9.36 Å². The summed E-state index contributed by atoms with van der Waals surface area (Å²) >= 11 is 2.72. The number of rotatable bonds is 8. The van der Waals surface area contributed by atoms with E-state index in [4.69, 9.17) is 4.74 Å². The van der Waals surface area contributed by atoms with Crippen LogP contribution in [-0.2, 0) is 11.2 Å². The van der Waals surface area contributed by atoms with Gasteiger partial charge in [-0.2, -0.15) is 0 Å². The average molecular weight is 452 g/mol. The van der Waals surface area contributed by atoms with Crippen molar-refractivity contribution in [1.29, 1.82) is 0 Å². The van der Waals surface area contributed by atoms with Crippen LogP contribution in [0.3, 0.4) is 0 Å². The molecular formula is C22H21N5O2S2. The molecule has 4 rings (SSSR count). The number of nitrogens with one attached hydrogen (secondary N) is 1. The summed E-state index contributed by atoms with van der Waals surface area (Å²) in [7, 11) is 1.62. The van der Waals surface area contributed by atoms with Gasteiger partial charge in [-0.05, 0) is 24.1 Å². The van der Waals surface area contributed by atoms with E-state index in [0.29, 0.717) is 10.3 Å². The number of amides is 1. The van der Waals surface area contributed by atoms with Gasteiger partial charge in [0.2, 0.25) is 5.91 Å². The lowest BCUT2D eigenvalue weighted by Crippen LogP contribution is -2.14. The van der Waals surface area contributed by atoms with Crippen molar-refractivity contribution in [2.24, 2.45) is 0 Å². The first-order chi connectivity index (χ1) is 15.2. The molecule has 0 saturated carbocycles. The molecule has 0 spiro atoms. The second-order valence-corrected chi connectivity index (χ2v) is 8.41. The van der Waals surface area contributed by atoms with Crippen molar-refractivity contribution in [1.82, 2.24) is 19.7 Å². The van der Waals surface area contributed by atoms with Crippen molar-refractivity contribution in [2.75, 3.05) is 18.2 Å². The van der Waals surface area contributed by atoms with E-state index < -0.39 is 0 Å². The highest BCUT2D eigenvalue weighted by Crippen LogP contribution is 2.26. The Labute approximate surface area is 188 Å². The Morgan fingerprint density at radius 1 is 1.23 bits per heavy atom. The smallest absolute Gasteiger partial charge is 0.236 e. The predicted molar refractivity (Wildman–Crippen MR) is 124 cm³/mol. The maximum Gasteiger partial charge on any atom is 0.236 e. The second kappa shape index (κ2) is 9.76. The van der Waals surface area contributed by atoms with Gasteiger partial charge < -0.3 is 10.1 Å². The number of benzene rings is 2. The van der Waals surface area contributed by atoms with Crippen molar-refractivity contribution < 1.29 is 9.53 Å². The van der Waals surface area contributed by atoms with E-state index in [1.54, 1.807) is 13.4 Å². The lowest BCUT2D eigenvalue weighted by atomic mass is 10.1. The first kappa shape index (κ1) is 21.1. The number of thioether (sulfide) groups is 1. The van der Waals surface area contributed by atoms with Crippen LogP contribution < -0.4 is 10.1 Å². The van der Waals surface area contributed by atoms with Crippen LogP contribution in [0.2, 0.25) is 0 Å². The average Bonchev–Trinajstić information content (AvgIpc) is 3.47. The second-order valence-electron chi connectivity index (χ2n) is 6.61. The van der Waals surface area contributed by atoms with Gasteiger partial charge in [0, 0.05) is 17.0 Å². The molecule has 0 saturated heterocycles. The largest absolute Gasteiger partial charge is 0.497 e. The highest BCUT2D eigenvalue weighted by Gasteiger charge is 2.13. The molecule has 1 N–H and O–H groups in total. The zero-order valence-electron chi connectivity index (χ0n) is 17.1. The Morgan fingerprint density at radius 3 is 2.84 bits per heavy atom. The third-order valence-electron chi connectivity index (χ3n) is 4.59. The standard InChI is InChI=1S/C22H21N5O2S2/c1-3-15-7-9-16(10-8-15)19-12-30-21(24-19)25-20(28)13-31-22-26-23-14-27(22)17-5-4-6-18(11-17)29-2/h4-12,14H,3,13H2,1-2H3,(H,24,25,28). The molecule has 158 valence electrons. The number of anilines is 1. The van der Waals surface area contributed by atoms with Crippen molar-refractivity contribution in [3.05, 3.63) is 65.8 Å². The number of carbonyl (C=O) groups is 1. The van der Waals surface area contributed by atoms with Gasteiger partial charge in [0.15, 0.2) is 10.3 Å². The van der Waals surface area contributed by atoms with Crippen molar-refractivity contribution in [2.45, 2.75) is 18.5 Å². The third kappa shape index (κ3) is 5.12. The quantitative estimate of drug-likeness (QED) is 0.391. The van der Waals surface area contributed by atoms with Gasteiger partial charge in [-0.25, -0.2) is 4.98 Å². The fourth-order valence-electron chi connectivity index (χ4n) is 2.92. The van der Waals surface area contributed by atoms with Gasteiger partial charge in [-0.1, -0.05) is 49.0 Å². The molecule has 9 heteroatoms. The highest BCUT2D eigenvalue weighted by molar-refractivity contribution is 7.99. The molecular weight excluding hydrogens is 430 g/mol. The minimum Gasteiger partial charge on any atom is -0.497 e. The minimum atomic E-state index is -0.146. The van der Waals surface area contributed by atoms with E-state index in [1.807, 2.05) is 34.2 Å². The van der Waals surface area contributed by atoms with Gasteiger partial charge >= 0.3 is 0 Å².